The number of nitrogens with zero attached hydrogens (tertiary/aromatic N) is 1. The van der Waals surface area contributed by atoms with Crippen molar-refractivity contribution >= 4 is 0 Å². The molecule has 1 aromatic rings. The van der Waals surface area contributed by atoms with Gasteiger partial charge < -0.3 is 15.2 Å². The molecule has 1 heterocycles. The van der Waals surface area contributed by atoms with Gasteiger partial charge in [0.2, 0.25) is 5.88 Å². The molecule has 0 bridgehead atoms. The molecule has 0 aliphatic heterocycles. The Hall–Kier alpha value is -1.29. The molecule has 0 atom stereocenters. The summed E-state index contributed by atoms with van der Waals surface area (Å²) in [5, 5.41) is 0. The number of rotatable bonds is 3. The van der Waals surface area contributed by atoms with Gasteiger partial charge in [-0.3, -0.25) is 0 Å². The van der Waals surface area contributed by atoms with E-state index >= 15 is 0 Å². The molecule has 0 radical (unpaired) electrons. The highest BCUT2D eigenvalue weighted by atomic mass is 16.5. The summed E-state index contributed by atoms with van der Waals surface area (Å²) in [6, 6.07) is 1.84. The van der Waals surface area contributed by atoms with Crippen molar-refractivity contribution in [2.24, 2.45) is 5.73 Å². The highest BCUT2D eigenvalue weighted by molar-refractivity contribution is 5.45. The van der Waals surface area contributed by atoms with Crippen molar-refractivity contribution in [3.8, 4) is 11.6 Å². The molecule has 2 N–H and O–H groups in total. The molecule has 4 heteroatoms. The summed E-state index contributed by atoms with van der Waals surface area (Å²) in [4.78, 5) is 4.21. The van der Waals surface area contributed by atoms with E-state index in [1.54, 1.807) is 20.4 Å². The van der Waals surface area contributed by atoms with Crippen LogP contribution >= 0.6 is 0 Å². The molecule has 0 amide bonds. The Morgan fingerprint density at radius 3 is 2.50 bits per heavy atom. The van der Waals surface area contributed by atoms with Crippen LogP contribution in [0.1, 0.15) is 31.2 Å². The molecule has 0 unspecified atom stereocenters. The van der Waals surface area contributed by atoms with Gasteiger partial charge in [-0.25, -0.2) is 4.98 Å². The van der Waals surface area contributed by atoms with E-state index in [9.17, 15) is 0 Å². The Bertz CT molecular complexity index is 351. The van der Waals surface area contributed by atoms with Crippen LogP contribution in [0.15, 0.2) is 12.3 Å². The molecule has 1 fully saturated rings. The molecule has 0 spiro atoms. The summed E-state index contributed by atoms with van der Waals surface area (Å²) < 4.78 is 10.7. The maximum absolute atomic E-state index is 6.43. The summed E-state index contributed by atoms with van der Waals surface area (Å²) in [5.74, 6) is 1.36. The van der Waals surface area contributed by atoms with Crippen molar-refractivity contribution in [2.45, 2.75) is 31.2 Å². The number of aromatic nitrogens is 1. The number of nitrogens with two attached hydrogens (primary N) is 1. The lowest BCUT2D eigenvalue weighted by Crippen LogP contribution is -2.34. The summed E-state index contributed by atoms with van der Waals surface area (Å²) in [7, 11) is 3.26. The molecule has 1 aliphatic rings. The first-order chi connectivity index (χ1) is 7.71. The molecular weight excluding hydrogens is 204 g/mol. The number of pyridine rings is 1. The molecule has 0 aromatic carbocycles. The number of hydrogen-bond donors (Lipinski definition) is 1. The largest absolute Gasteiger partial charge is 0.496 e. The Kier molecular flexibility index (Phi) is 3.01. The average molecular weight is 222 g/mol. The predicted molar refractivity (Wildman–Crippen MR) is 61.7 cm³/mol. The molecule has 2 rings (SSSR count). The van der Waals surface area contributed by atoms with Crippen LogP contribution in [0.2, 0.25) is 0 Å². The number of ether oxygens (including phenoxy) is 2. The zero-order chi connectivity index (χ0) is 11.6. The lowest BCUT2D eigenvalue weighted by molar-refractivity contribution is 0.338. The van der Waals surface area contributed by atoms with Gasteiger partial charge in [0.15, 0.2) is 0 Å². The van der Waals surface area contributed by atoms with Crippen LogP contribution in [0.3, 0.4) is 0 Å². The zero-order valence-corrected chi connectivity index (χ0v) is 9.82. The van der Waals surface area contributed by atoms with Gasteiger partial charge in [-0.2, -0.15) is 0 Å². The van der Waals surface area contributed by atoms with Crippen molar-refractivity contribution in [1.82, 2.24) is 4.98 Å². The second kappa shape index (κ2) is 4.29. The smallest absolute Gasteiger partial charge is 0.221 e. The molecule has 1 aliphatic carbocycles. The second-order valence-electron chi connectivity index (χ2n) is 4.26. The van der Waals surface area contributed by atoms with Gasteiger partial charge in [0.1, 0.15) is 5.75 Å². The second-order valence-corrected chi connectivity index (χ2v) is 4.26. The molecule has 16 heavy (non-hydrogen) atoms. The van der Waals surface area contributed by atoms with E-state index < -0.39 is 0 Å². The first kappa shape index (κ1) is 11.2. The third-order valence-corrected chi connectivity index (χ3v) is 3.28. The van der Waals surface area contributed by atoms with Gasteiger partial charge in [-0.1, -0.05) is 12.8 Å². The van der Waals surface area contributed by atoms with Crippen LogP contribution in [-0.4, -0.2) is 19.2 Å². The first-order valence-electron chi connectivity index (χ1n) is 5.57. The Balaban J connectivity index is 2.51. The highest BCUT2D eigenvalue weighted by Crippen LogP contribution is 2.44. The molecule has 1 saturated carbocycles. The van der Waals surface area contributed by atoms with Crippen LogP contribution in [0.5, 0.6) is 11.6 Å². The summed E-state index contributed by atoms with van der Waals surface area (Å²) in [6.45, 7) is 0. The van der Waals surface area contributed by atoms with Crippen LogP contribution < -0.4 is 15.2 Å². The van der Waals surface area contributed by atoms with Gasteiger partial charge in [-0.05, 0) is 18.9 Å². The van der Waals surface area contributed by atoms with Gasteiger partial charge in [0.05, 0.1) is 25.3 Å². The molecule has 0 saturated heterocycles. The lowest BCUT2D eigenvalue weighted by Gasteiger charge is -2.27. The summed E-state index contributed by atoms with van der Waals surface area (Å²) in [6.07, 6.45) is 5.91. The maximum Gasteiger partial charge on any atom is 0.221 e. The third-order valence-electron chi connectivity index (χ3n) is 3.28. The molecule has 1 aromatic heterocycles. The van der Waals surface area contributed by atoms with Crippen molar-refractivity contribution in [3.63, 3.8) is 0 Å². The van der Waals surface area contributed by atoms with Gasteiger partial charge in [0, 0.05) is 6.20 Å². The SMILES string of the molecule is COc1ccnc(OC)c1C1(N)CCCC1. The fourth-order valence-electron chi connectivity index (χ4n) is 2.47. The molecule has 88 valence electrons. The topological polar surface area (TPSA) is 57.4 Å². The Morgan fingerprint density at radius 1 is 1.25 bits per heavy atom. The van der Waals surface area contributed by atoms with E-state index in [0.717, 1.165) is 37.0 Å². The van der Waals surface area contributed by atoms with E-state index in [1.807, 2.05) is 6.07 Å². The van der Waals surface area contributed by atoms with Crippen molar-refractivity contribution in [2.75, 3.05) is 14.2 Å². The van der Waals surface area contributed by atoms with Crippen LogP contribution in [0.25, 0.3) is 0 Å². The van der Waals surface area contributed by atoms with E-state index in [4.69, 9.17) is 15.2 Å². The highest BCUT2D eigenvalue weighted by Gasteiger charge is 2.37. The zero-order valence-electron chi connectivity index (χ0n) is 9.82. The minimum atomic E-state index is -0.342. The van der Waals surface area contributed by atoms with Crippen LogP contribution in [0.4, 0.5) is 0 Å². The maximum atomic E-state index is 6.43. The molecule has 4 nitrogen and oxygen atoms in total. The Morgan fingerprint density at radius 2 is 1.94 bits per heavy atom. The van der Waals surface area contributed by atoms with Crippen molar-refractivity contribution < 1.29 is 9.47 Å². The van der Waals surface area contributed by atoms with Crippen LogP contribution in [0, 0.1) is 0 Å². The fourth-order valence-corrected chi connectivity index (χ4v) is 2.47. The summed E-state index contributed by atoms with van der Waals surface area (Å²) >= 11 is 0. The Labute approximate surface area is 95.8 Å². The fraction of sp³-hybridized carbons (Fsp3) is 0.583. The minimum absolute atomic E-state index is 0.342. The predicted octanol–water partition coefficient (Wildman–Crippen LogP) is 1.83. The van der Waals surface area contributed by atoms with E-state index in [-0.39, 0.29) is 5.54 Å². The van der Waals surface area contributed by atoms with Crippen molar-refractivity contribution in [1.29, 1.82) is 0 Å². The number of methoxy groups -OCH3 is 2. The van der Waals surface area contributed by atoms with Crippen LogP contribution in [-0.2, 0) is 5.54 Å². The standard InChI is InChI=1S/C12H18N2O2/c1-15-9-5-8-14-11(16-2)10(9)12(13)6-3-4-7-12/h5,8H,3-4,6-7,13H2,1-2H3. The molecular formula is C12H18N2O2. The van der Waals surface area contributed by atoms with Gasteiger partial charge in [0.25, 0.3) is 0 Å². The number of hydrogen-bond acceptors (Lipinski definition) is 4. The van der Waals surface area contributed by atoms with E-state index in [1.165, 1.54) is 0 Å². The average Bonchev–Trinajstić information content (AvgIpc) is 2.76. The van der Waals surface area contributed by atoms with Gasteiger partial charge >= 0.3 is 0 Å². The first-order valence-corrected chi connectivity index (χ1v) is 5.57. The van der Waals surface area contributed by atoms with E-state index in [0.29, 0.717) is 5.88 Å². The van der Waals surface area contributed by atoms with Crippen molar-refractivity contribution in [3.05, 3.63) is 17.8 Å². The lowest BCUT2D eigenvalue weighted by atomic mass is 9.89. The normalized spacial score (nSPS) is 18.4. The van der Waals surface area contributed by atoms with E-state index in [2.05, 4.69) is 4.98 Å². The quantitative estimate of drug-likeness (QED) is 0.847. The summed E-state index contributed by atoms with van der Waals surface area (Å²) in [5.41, 5.74) is 7.01. The van der Waals surface area contributed by atoms with Gasteiger partial charge in [-0.15, -0.1) is 0 Å². The third kappa shape index (κ3) is 1.73. The minimum Gasteiger partial charge on any atom is -0.496 e. The monoisotopic (exact) mass is 222 g/mol.